The lowest BCUT2D eigenvalue weighted by molar-refractivity contribution is 0.0195. The summed E-state index contributed by atoms with van der Waals surface area (Å²) in [6.07, 6.45) is -0.304. The van der Waals surface area contributed by atoms with Crippen molar-refractivity contribution in [2.45, 2.75) is 32.4 Å². The third-order valence-corrected chi connectivity index (χ3v) is 3.46. The number of nitrogens with one attached hydrogen (secondary N) is 1. The van der Waals surface area contributed by atoms with Gasteiger partial charge < -0.3 is 25.0 Å². The van der Waals surface area contributed by atoms with Gasteiger partial charge in [0.05, 0.1) is 6.04 Å². The standard InChI is InChI=1S/C15H23BN2O4/c1-15(2,3)22-14(19)18-9-8-17-13(10-18)11-4-6-12(7-5-11)16(20)21/h4-7,13,17,20-21H,8-10H2,1-3H3/t13-/m0/s1. The number of amides is 1. The molecule has 1 amide bonds. The van der Waals surface area contributed by atoms with Crippen molar-refractivity contribution >= 4 is 18.7 Å². The summed E-state index contributed by atoms with van der Waals surface area (Å²) in [4.78, 5) is 13.8. The first kappa shape index (κ1) is 16.8. The van der Waals surface area contributed by atoms with E-state index in [1.807, 2.05) is 32.9 Å². The lowest BCUT2D eigenvalue weighted by atomic mass is 9.80. The van der Waals surface area contributed by atoms with Crippen molar-refractivity contribution < 1.29 is 19.6 Å². The number of benzene rings is 1. The van der Waals surface area contributed by atoms with Crippen molar-refractivity contribution in [2.24, 2.45) is 0 Å². The maximum absolute atomic E-state index is 12.1. The first-order valence-corrected chi connectivity index (χ1v) is 7.43. The van der Waals surface area contributed by atoms with E-state index in [4.69, 9.17) is 14.8 Å². The third-order valence-electron chi connectivity index (χ3n) is 3.46. The van der Waals surface area contributed by atoms with E-state index >= 15 is 0 Å². The minimum absolute atomic E-state index is 0.00570. The minimum Gasteiger partial charge on any atom is -0.444 e. The SMILES string of the molecule is CC(C)(C)OC(=O)N1CCN[C@H](c2ccc(B(O)O)cc2)C1. The summed E-state index contributed by atoms with van der Waals surface area (Å²) in [5.41, 5.74) is 0.942. The summed E-state index contributed by atoms with van der Waals surface area (Å²) >= 11 is 0. The van der Waals surface area contributed by atoms with Crippen LogP contribution >= 0.6 is 0 Å². The van der Waals surface area contributed by atoms with Crippen LogP contribution in [0.25, 0.3) is 0 Å². The van der Waals surface area contributed by atoms with Gasteiger partial charge in [-0.2, -0.15) is 0 Å². The lowest BCUT2D eigenvalue weighted by Crippen LogP contribution is -2.49. The number of rotatable bonds is 2. The molecule has 120 valence electrons. The van der Waals surface area contributed by atoms with Crippen LogP contribution in [0.15, 0.2) is 24.3 Å². The first-order valence-electron chi connectivity index (χ1n) is 7.43. The van der Waals surface area contributed by atoms with Gasteiger partial charge in [-0.25, -0.2) is 4.79 Å². The van der Waals surface area contributed by atoms with Gasteiger partial charge in [-0.15, -0.1) is 0 Å². The minimum atomic E-state index is -1.47. The monoisotopic (exact) mass is 306 g/mol. The molecule has 3 N–H and O–H groups in total. The highest BCUT2D eigenvalue weighted by Crippen LogP contribution is 2.18. The molecule has 0 aliphatic carbocycles. The van der Waals surface area contributed by atoms with Crippen molar-refractivity contribution in [3.05, 3.63) is 29.8 Å². The molecular formula is C15H23BN2O4. The highest BCUT2D eigenvalue weighted by atomic mass is 16.6. The van der Waals surface area contributed by atoms with Crippen molar-refractivity contribution in [2.75, 3.05) is 19.6 Å². The quantitative estimate of drug-likeness (QED) is 0.682. The Labute approximate surface area is 131 Å². The molecule has 1 heterocycles. The smallest absolute Gasteiger partial charge is 0.444 e. The Bertz CT molecular complexity index is 513. The predicted molar refractivity (Wildman–Crippen MR) is 84.8 cm³/mol. The number of carbonyl (C=O) groups excluding carboxylic acids is 1. The number of nitrogens with zero attached hydrogens (tertiary/aromatic N) is 1. The summed E-state index contributed by atoms with van der Waals surface area (Å²) in [5.74, 6) is 0. The third kappa shape index (κ3) is 4.46. The van der Waals surface area contributed by atoms with E-state index in [1.165, 1.54) is 0 Å². The summed E-state index contributed by atoms with van der Waals surface area (Å²) in [5, 5.41) is 21.6. The molecule has 0 aromatic heterocycles. The van der Waals surface area contributed by atoms with Crippen molar-refractivity contribution in [3.8, 4) is 0 Å². The van der Waals surface area contributed by atoms with Crippen molar-refractivity contribution in [3.63, 3.8) is 0 Å². The fourth-order valence-electron chi connectivity index (χ4n) is 2.37. The highest BCUT2D eigenvalue weighted by molar-refractivity contribution is 6.58. The van der Waals surface area contributed by atoms with Gasteiger partial charge in [0.1, 0.15) is 5.60 Å². The Kier molecular flexibility index (Phi) is 5.10. The second-order valence-corrected chi connectivity index (χ2v) is 6.47. The molecule has 0 radical (unpaired) electrons. The Morgan fingerprint density at radius 3 is 2.50 bits per heavy atom. The molecule has 0 unspecified atom stereocenters. The zero-order valence-electron chi connectivity index (χ0n) is 13.2. The molecule has 1 saturated heterocycles. The Morgan fingerprint density at radius 2 is 1.95 bits per heavy atom. The first-order chi connectivity index (χ1) is 10.3. The molecule has 2 rings (SSSR count). The fourth-order valence-corrected chi connectivity index (χ4v) is 2.37. The molecule has 0 saturated carbocycles. The summed E-state index contributed by atoms with van der Waals surface area (Å²) in [7, 11) is -1.47. The summed E-state index contributed by atoms with van der Waals surface area (Å²) < 4.78 is 5.41. The maximum Gasteiger partial charge on any atom is 0.488 e. The molecular weight excluding hydrogens is 283 g/mol. The second-order valence-electron chi connectivity index (χ2n) is 6.47. The fraction of sp³-hybridized carbons (Fsp3) is 0.533. The number of carbonyl (C=O) groups is 1. The molecule has 1 atom stereocenters. The molecule has 1 fully saturated rings. The normalized spacial score (nSPS) is 19.0. The highest BCUT2D eigenvalue weighted by Gasteiger charge is 2.28. The zero-order chi connectivity index (χ0) is 16.3. The summed E-state index contributed by atoms with van der Waals surface area (Å²) in [6, 6.07) is 7.03. The van der Waals surface area contributed by atoms with Crippen LogP contribution in [0.5, 0.6) is 0 Å². The zero-order valence-corrected chi connectivity index (χ0v) is 13.2. The Balaban J connectivity index is 2.02. The Morgan fingerprint density at radius 1 is 1.32 bits per heavy atom. The molecule has 1 aliphatic heterocycles. The van der Waals surface area contributed by atoms with E-state index in [-0.39, 0.29) is 12.1 Å². The van der Waals surface area contributed by atoms with E-state index in [1.54, 1.807) is 17.0 Å². The van der Waals surface area contributed by atoms with Crippen molar-refractivity contribution in [1.82, 2.24) is 10.2 Å². The van der Waals surface area contributed by atoms with Crippen LogP contribution in [-0.2, 0) is 4.74 Å². The molecule has 6 nitrogen and oxygen atoms in total. The van der Waals surface area contributed by atoms with Crippen LogP contribution in [0.2, 0.25) is 0 Å². The van der Waals surface area contributed by atoms with Gasteiger partial charge in [0.15, 0.2) is 0 Å². The van der Waals surface area contributed by atoms with E-state index < -0.39 is 12.7 Å². The molecule has 7 heteroatoms. The van der Waals surface area contributed by atoms with Crippen LogP contribution in [0, 0.1) is 0 Å². The van der Waals surface area contributed by atoms with Crippen LogP contribution in [0.4, 0.5) is 4.79 Å². The second kappa shape index (κ2) is 6.68. The van der Waals surface area contributed by atoms with Crippen LogP contribution in [0.3, 0.4) is 0 Å². The average Bonchev–Trinajstić information content (AvgIpc) is 2.46. The van der Waals surface area contributed by atoms with Gasteiger partial charge in [0.25, 0.3) is 0 Å². The number of hydrogen-bond donors (Lipinski definition) is 3. The predicted octanol–water partition coefficient (Wildman–Crippen LogP) is 0.248. The van der Waals surface area contributed by atoms with Gasteiger partial charge >= 0.3 is 13.2 Å². The van der Waals surface area contributed by atoms with Gasteiger partial charge in [0.2, 0.25) is 0 Å². The van der Waals surface area contributed by atoms with Gasteiger partial charge in [0, 0.05) is 19.6 Å². The Hall–Kier alpha value is -1.57. The molecule has 0 bridgehead atoms. The number of hydrogen-bond acceptors (Lipinski definition) is 5. The van der Waals surface area contributed by atoms with Crippen LogP contribution < -0.4 is 10.8 Å². The van der Waals surface area contributed by atoms with E-state index in [2.05, 4.69) is 5.32 Å². The molecule has 1 aliphatic rings. The molecule has 1 aromatic rings. The lowest BCUT2D eigenvalue weighted by Gasteiger charge is -2.35. The van der Waals surface area contributed by atoms with Crippen LogP contribution in [0.1, 0.15) is 32.4 Å². The van der Waals surface area contributed by atoms with Gasteiger partial charge in [-0.05, 0) is 31.8 Å². The summed E-state index contributed by atoms with van der Waals surface area (Å²) in [6.45, 7) is 7.37. The van der Waals surface area contributed by atoms with Crippen LogP contribution in [-0.4, -0.2) is 53.4 Å². The van der Waals surface area contributed by atoms with Gasteiger partial charge in [-0.3, -0.25) is 0 Å². The molecule has 22 heavy (non-hydrogen) atoms. The number of piperazine rings is 1. The van der Waals surface area contributed by atoms with E-state index in [0.717, 1.165) is 5.56 Å². The van der Waals surface area contributed by atoms with E-state index in [0.29, 0.717) is 25.1 Å². The average molecular weight is 306 g/mol. The molecule has 1 aromatic carbocycles. The topological polar surface area (TPSA) is 82.0 Å². The van der Waals surface area contributed by atoms with Crippen molar-refractivity contribution in [1.29, 1.82) is 0 Å². The molecule has 0 spiro atoms. The van der Waals surface area contributed by atoms with Gasteiger partial charge in [-0.1, -0.05) is 24.3 Å². The largest absolute Gasteiger partial charge is 0.488 e. The maximum atomic E-state index is 12.1. The van der Waals surface area contributed by atoms with E-state index in [9.17, 15) is 4.79 Å². The number of ether oxygens (including phenoxy) is 1.